The minimum atomic E-state index is -0.343. The number of benzene rings is 1. The van der Waals surface area contributed by atoms with Gasteiger partial charge in [0.15, 0.2) is 0 Å². The smallest absolute Gasteiger partial charge is 0.245 e. The summed E-state index contributed by atoms with van der Waals surface area (Å²) >= 11 is 0. The van der Waals surface area contributed by atoms with Crippen molar-refractivity contribution >= 4 is 11.6 Å². The molecule has 0 spiro atoms. The number of hydrogen-bond acceptors (Lipinski definition) is 3. The number of hydrogen-bond donors (Lipinski definition) is 2. The Morgan fingerprint density at radius 2 is 2.17 bits per heavy atom. The maximum atomic E-state index is 12.3. The molecule has 3 rings (SSSR count). The standard InChI is InChI=1S/C14H18N2O2/c17-11-7-8-16(9-11)14(18)13-6-5-10-3-1-2-4-12(10)15-13/h1-4,11,13,15,17H,5-9H2. The van der Waals surface area contributed by atoms with Gasteiger partial charge in [0.05, 0.1) is 6.10 Å². The molecule has 2 aliphatic rings. The van der Waals surface area contributed by atoms with Crippen LogP contribution in [-0.4, -0.2) is 41.1 Å². The fraction of sp³-hybridized carbons (Fsp3) is 0.500. The van der Waals surface area contributed by atoms with Crippen LogP contribution in [0.2, 0.25) is 0 Å². The monoisotopic (exact) mass is 246 g/mol. The van der Waals surface area contributed by atoms with Crippen molar-refractivity contribution in [3.8, 4) is 0 Å². The summed E-state index contributed by atoms with van der Waals surface area (Å²) in [5.41, 5.74) is 2.35. The minimum Gasteiger partial charge on any atom is -0.391 e. The van der Waals surface area contributed by atoms with Crippen molar-refractivity contribution in [2.24, 2.45) is 0 Å². The summed E-state index contributed by atoms with van der Waals surface area (Å²) in [5, 5.41) is 12.8. The van der Waals surface area contributed by atoms with E-state index < -0.39 is 0 Å². The van der Waals surface area contributed by atoms with Crippen LogP contribution < -0.4 is 5.32 Å². The van der Waals surface area contributed by atoms with Gasteiger partial charge in [-0.15, -0.1) is 0 Å². The van der Waals surface area contributed by atoms with Gasteiger partial charge in [0.25, 0.3) is 0 Å². The van der Waals surface area contributed by atoms with Gasteiger partial charge in [-0.1, -0.05) is 18.2 Å². The highest BCUT2D eigenvalue weighted by molar-refractivity contribution is 5.86. The van der Waals surface area contributed by atoms with Crippen LogP contribution in [0, 0.1) is 0 Å². The highest BCUT2D eigenvalue weighted by Crippen LogP contribution is 2.25. The van der Waals surface area contributed by atoms with Crippen LogP contribution >= 0.6 is 0 Å². The van der Waals surface area contributed by atoms with E-state index in [4.69, 9.17) is 0 Å². The molecule has 0 aromatic heterocycles. The highest BCUT2D eigenvalue weighted by Gasteiger charge is 2.31. The Kier molecular flexibility index (Phi) is 2.96. The normalized spacial score (nSPS) is 26.6. The van der Waals surface area contributed by atoms with E-state index in [1.165, 1.54) is 5.56 Å². The quantitative estimate of drug-likeness (QED) is 0.777. The molecule has 1 saturated heterocycles. The summed E-state index contributed by atoms with van der Waals surface area (Å²) in [6.45, 7) is 1.17. The molecule has 0 aliphatic carbocycles. The number of nitrogens with one attached hydrogen (secondary N) is 1. The van der Waals surface area contributed by atoms with Crippen LogP contribution in [-0.2, 0) is 11.2 Å². The molecule has 1 aromatic rings. The molecule has 2 N–H and O–H groups in total. The van der Waals surface area contributed by atoms with E-state index in [9.17, 15) is 9.90 Å². The third-order valence-electron chi connectivity index (χ3n) is 3.82. The number of aliphatic hydroxyl groups is 1. The second kappa shape index (κ2) is 4.61. The van der Waals surface area contributed by atoms with Crippen LogP contribution in [0.25, 0.3) is 0 Å². The summed E-state index contributed by atoms with van der Waals surface area (Å²) < 4.78 is 0. The van der Waals surface area contributed by atoms with Gasteiger partial charge >= 0.3 is 0 Å². The number of amides is 1. The molecule has 1 aromatic carbocycles. The fourth-order valence-corrected chi connectivity index (χ4v) is 2.79. The molecule has 96 valence electrons. The van der Waals surface area contributed by atoms with Crippen molar-refractivity contribution in [1.29, 1.82) is 0 Å². The largest absolute Gasteiger partial charge is 0.391 e. The van der Waals surface area contributed by atoms with E-state index in [0.717, 1.165) is 18.5 Å². The Bertz CT molecular complexity index is 461. The number of likely N-dealkylation sites (tertiary alicyclic amines) is 1. The van der Waals surface area contributed by atoms with Crippen LogP contribution in [0.1, 0.15) is 18.4 Å². The zero-order valence-corrected chi connectivity index (χ0v) is 10.3. The van der Waals surface area contributed by atoms with Gasteiger partial charge in [0.1, 0.15) is 6.04 Å². The van der Waals surface area contributed by atoms with Gasteiger partial charge in [0.2, 0.25) is 5.91 Å². The number of carbonyl (C=O) groups excluding carboxylic acids is 1. The number of para-hydroxylation sites is 1. The number of aliphatic hydroxyl groups excluding tert-OH is 1. The van der Waals surface area contributed by atoms with E-state index >= 15 is 0 Å². The van der Waals surface area contributed by atoms with E-state index in [0.29, 0.717) is 19.5 Å². The number of fused-ring (bicyclic) bond motifs is 1. The molecule has 0 bridgehead atoms. The SMILES string of the molecule is O=C(C1CCc2ccccc2N1)N1CCC(O)C1. The lowest BCUT2D eigenvalue weighted by Gasteiger charge is -2.29. The van der Waals surface area contributed by atoms with Crippen LogP contribution in [0.15, 0.2) is 24.3 Å². The van der Waals surface area contributed by atoms with Gasteiger partial charge in [-0.2, -0.15) is 0 Å². The first-order chi connectivity index (χ1) is 8.74. The van der Waals surface area contributed by atoms with Crippen LogP contribution in [0.5, 0.6) is 0 Å². The molecule has 4 nitrogen and oxygen atoms in total. The molecule has 1 amide bonds. The first-order valence-electron chi connectivity index (χ1n) is 6.55. The molecule has 2 heterocycles. The van der Waals surface area contributed by atoms with Crippen molar-refractivity contribution in [2.45, 2.75) is 31.4 Å². The Labute approximate surface area is 107 Å². The van der Waals surface area contributed by atoms with E-state index in [1.54, 1.807) is 4.90 Å². The lowest BCUT2D eigenvalue weighted by molar-refractivity contribution is -0.131. The van der Waals surface area contributed by atoms with Gasteiger partial charge in [0, 0.05) is 18.8 Å². The second-order valence-electron chi connectivity index (χ2n) is 5.12. The van der Waals surface area contributed by atoms with Crippen molar-refractivity contribution in [2.75, 3.05) is 18.4 Å². The Balaban J connectivity index is 1.70. The average Bonchev–Trinajstić information content (AvgIpc) is 2.84. The van der Waals surface area contributed by atoms with E-state index in [-0.39, 0.29) is 18.1 Å². The third-order valence-corrected chi connectivity index (χ3v) is 3.82. The van der Waals surface area contributed by atoms with Gasteiger partial charge in [-0.3, -0.25) is 4.79 Å². The molecule has 4 heteroatoms. The first kappa shape index (κ1) is 11.5. The minimum absolute atomic E-state index is 0.126. The van der Waals surface area contributed by atoms with Crippen molar-refractivity contribution in [1.82, 2.24) is 4.90 Å². The summed E-state index contributed by atoms with van der Waals surface area (Å²) in [4.78, 5) is 14.1. The molecular formula is C14H18N2O2. The predicted octanol–water partition coefficient (Wildman–Crippen LogP) is 1.01. The predicted molar refractivity (Wildman–Crippen MR) is 69.4 cm³/mol. The van der Waals surface area contributed by atoms with Crippen LogP contribution in [0.3, 0.4) is 0 Å². The lowest BCUT2D eigenvalue weighted by atomic mass is 9.97. The second-order valence-corrected chi connectivity index (χ2v) is 5.12. The number of anilines is 1. The topological polar surface area (TPSA) is 52.6 Å². The maximum absolute atomic E-state index is 12.3. The number of β-amino-alcohol motifs (C(OH)–C–C–N with tert-alkyl or cyclic N) is 1. The van der Waals surface area contributed by atoms with Gasteiger partial charge < -0.3 is 15.3 Å². The molecular weight excluding hydrogens is 228 g/mol. The average molecular weight is 246 g/mol. The van der Waals surface area contributed by atoms with Gasteiger partial charge in [-0.05, 0) is 30.9 Å². The first-order valence-corrected chi connectivity index (χ1v) is 6.55. The Hall–Kier alpha value is -1.55. The van der Waals surface area contributed by atoms with E-state index in [2.05, 4.69) is 11.4 Å². The molecule has 18 heavy (non-hydrogen) atoms. The molecule has 2 aliphatic heterocycles. The van der Waals surface area contributed by atoms with Crippen LogP contribution in [0.4, 0.5) is 5.69 Å². The van der Waals surface area contributed by atoms with E-state index in [1.807, 2.05) is 18.2 Å². The highest BCUT2D eigenvalue weighted by atomic mass is 16.3. The summed E-state index contributed by atoms with van der Waals surface area (Å²) in [7, 11) is 0. The molecule has 2 atom stereocenters. The molecule has 0 radical (unpaired) electrons. The number of rotatable bonds is 1. The zero-order chi connectivity index (χ0) is 12.5. The van der Waals surface area contributed by atoms with Gasteiger partial charge in [-0.25, -0.2) is 0 Å². The third kappa shape index (κ3) is 2.08. The number of carbonyl (C=O) groups is 1. The van der Waals surface area contributed by atoms with Crippen molar-refractivity contribution in [3.63, 3.8) is 0 Å². The zero-order valence-electron chi connectivity index (χ0n) is 10.3. The fourth-order valence-electron chi connectivity index (χ4n) is 2.79. The van der Waals surface area contributed by atoms with Crippen molar-refractivity contribution in [3.05, 3.63) is 29.8 Å². The summed E-state index contributed by atoms with van der Waals surface area (Å²) in [6.07, 6.45) is 2.14. The maximum Gasteiger partial charge on any atom is 0.245 e. The number of aryl methyl sites for hydroxylation is 1. The van der Waals surface area contributed by atoms with Crippen molar-refractivity contribution < 1.29 is 9.90 Å². The molecule has 2 unspecified atom stereocenters. The Morgan fingerprint density at radius 1 is 1.33 bits per heavy atom. The molecule has 0 saturated carbocycles. The summed E-state index contributed by atoms with van der Waals surface area (Å²) in [5.74, 6) is 0.126. The number of nitrogens with zero attached hydrogens (tertiary/aromatic N) is 1. The Morgan fingerprint density at radius 3 is 2.94 bits per heavy atom. The summed E-state index contributed by atoms with van der Waals surface area (Å²) in [6, 6.07) is 8.00. The molecule has 1 fully saturated rings. The lowest BCUT2D eigenvalue weighted by Crippen LogP contribution is -2.43.